The summed E-state index contributed by atoms with van der Waals surface area (Å²) in [5.74, 6) is 1.47. The molecule has 0 amide bonds. The maximum Gasteiger partial charge on any atom is 0.185 e. The molecule has 0 atom stereocenters. The van der Waals surface area contributed by atoms with E-state index < -0.39 is 0 Å². The van der Waals surface area contributed by atoms with Crippen LogP contribution < -0.4 is 14.8 Å². The predicted molar refractivity (Wildman–Crippen MR) is 121 cm³/mol. The normalized spacial score (nSPS) is 11.3. The highest BCUT2D eigenvalue weighted by atomic mass is 16.5. The number of carbonyl (C=O) groups is 1. The average Bonchev–Trinajstić information content (AvgIpc) is 2.68. The zero-order chi connectivity index (χ0) is 21.4. The molecule has 0 radical (unpaired) electrons. The highest BCUT2D eigenvalue weighted by Crippen LogP contribution is 2.36. The number of rotatable bonds is 10. The fourth-order valence-electron chi connectivity index (χ4n) is 3.04. The van der Waals surface area contributed by atoms with E-state index in [1.807, 2.05) is 71.2 Å². The summed E-state index contributed by atoms with van der Waals surface area (Å²) in [5.41, 5.74) is 3.56. The van der Waals surface area contributed by atoms with Crippen molar-refractivity contribution in [2.75, 3.05) is 12.4 Å². The number of ether oxygens (including phenoxy) is 2. The first-order chi connectivity index (χ1) is 13.8. The standard InChI is InChI=1S/C25H33NO3/c1-7-8-20-11-16-24(28-17(2)3)22(25(20)29-18(4)5)14-15-23(27)19-9-12-21(26-6)13-10-19/h9-18,26H,7-8H2,1-6H3/b15-14+. The van der Waals surface area contributed by atoms with Crippen LogP contribution in [0.25, 0.3) is 6.08 Å². The summed E-state index contributed by atoms with van der Waals surface area (Å²) < 4.78 is 12.2. The summed E-state index contributed by atoms with van der Waals surface area (Å²) in [4.78, 5) is 12.7. The van der Waals surface area contributed by atoms with Gasteiger partial charge in [-0.05, 0) is 82.2 Å². The minimum atomic E-state index is -0.0560. The Hall–Kier alpha value is -2.75. The highest BCUT2D eigenvalue weighted by molar-refractivity contribution is 6.07. The summed E-state index contributed by atoms with van der Waals surface area (Å²) in [7, 11) is 1.85. The molecule has 0 aliphatic rings. The minimum Gasteiger partial charge on any atom is -0.490 e. The van der Waals surface area contributed by atoms with Gasteiger partial charge in [0.25, 0.3) is 0 Å². The Kier molecular flexibility index (Phi) is 8.32. The second kappa shape index (κ2) is 10.7. The fraction of sp³-hybridized carbons (Fsp3) is 0.400. The van der Waals surface area contributed by atoms with Gasteiger partial charge in [-0.3, -0.25) is 4.79 Å². The van der Waals surface area contributed by atoms with Crippen LogP contribution in [-0.4, -0.2) is 25.0 Å². The summed E-state index contributed by atoms with van der Waals surface area (Å²) in [6, 6.07) is 11.5. The average molecular weight is 396 g/mol. The van der Waals surface area contributed by atoms with Gasteiger partial charge in [-0.2, -0.15) is 0 Å². The fourth-order valence-corrected chi connectivity index (χ4v) is 3.04. The van der Waals surface area contributed by atoms with E-state index in [4.69, 9.17) is 9.47 Å². The van der Waals surface area contributed by atoms with Gasteiger partial charge in [0, 0.05) is 18.3 Å². The molecule has 0 bridgehead atoms. The Balaban J connectivity index is 2.46. The van der Waals surface area contributed by atoms with Crippen LogP contribution in [0.5, 0.6) is 11.5 Å². The number of nitrogens with one attached hydrogen (secondary N) is 1. The lowest BCUT2D eigenvalue weighted by Crippen LogP contribution is -2.12. The molecular formula is C25H33NO3. The van der Waals surface area contributed by atoms with E-state index in [-0.39, 0.29) is 18.0 Å². The maximum atomic E-state index is 12.7. The third-order valence-electron chi connectivity index (χ3n) is 4.33. The SMILES string of the molecule is CCCc1ccc(OC(C)C)c(/C=C/C(=O)c2ccc(NC)cc2)c1OC(C)C. The van der Waals surface area contributed by atoms with Crippen LogP contribution in [0.1, 0.15) is 62.5 Å². The second-order valence-corrected chi connectivity index (χ2v) is 7.57. The molecule has 2 rings (SSSR count). The van der Waals surface area contributed by atoms with Crippen molar-refractivity contribution in [2.24, 2.45) is 0 Å². The van der Waals surface area contributed by atoms with E-state index in [1.165, 1.54) is 0 Å². The van der Waals surface area contributed by atoms with E-state index in [0.29, 0.717) is 5.56 Å². The molecule has 4 nitrogen and oxygen atoms in total. The lowest BCUT2D eigenvalue weighted by Gasteiger charge is -2.21. The molecule has 0 fully saturated rings. The van der Waals surface area contributed by atoms with Gasteiger partial charge in [0.15, 0.2) is 5.78 Å². The van der Waals surface area contributed by atoms with Crippen LogP contribution in [0.2, 0.25) is 0 Å². The Bertz CT molecular complexity index is 836. The van der Waals surface area contributed by atoms with Crippen LogP contribution in [0.15, 0.2) is 42.5 Å². The number of allylic oxidation sites excluding steroid dienone is 1. The van der Waals surface area contributed by atoms with Gasteiger partial charge in [-0.25, -0.2) is 0 Å². The van der Waals surface area contributed by atoms with E-state index in [9.17, 15) is 4.79 Å². The summed E-state index contributed by atoms with van der Waals surface area (Å²) in [6.45, 7) is 10.1. The first-order valence-corrected chi connectivity index (χ1v) is 10.3. The molecule has 4 heteroatoms. The molecule has 29 heavy (non-hydrogen) atoms. The number of carbonyl (C=O) groups excluding carboxylic acids is 1. The largest absolute Gasteiger partial charge is 0.490 e. The molecular weight excluding hydrogens is 362 g/mol. The molecule has 0 saturated heterocycles. The van der Waals surface area contributed by atoms with Crippen molar-refractivity contribution in [3.8, 4) is 11.5 Å². The highest BCUT2D eigenvalue weighted by Gasteiger charge is 2.16. The number of anilines is 1. The third kappa shape index (κ3) is 6.38. The lowest BCUT2D eigenvalue weighted by molar-refractivity contribution is 0.104. The van der Waals surface area contributed by atoms with E-state index in [0.717, 1.165) is 41.2 Å². The topological polar surface area (TPSA) is 47.6 Å². The second-order valence-electron chi connectivity index (χ2n) is 7.57. The summed E-state index contributed by atoms with van der Waals surface area (Å²) >= 11 is 0. The maximum absolute atomic E-state index is 12.7. The van der Waals surface area contributed by atoms with Crippen LogP contribution in [-0.2, 0) is 6.42 Å². The Labute approximate surface area is 174 Å². The predicted octanol–water partition coefficient (Wildman–Crippen LogP) is 6.15. The van der Waals surface area contributed by atoms with Crippen molar-refractivity contribution in [1.29, 1.82) is 0 Å². The van der Waals surface area contributed by atoms with Crippen LogP contribution in [0.3, 0.4) is 0 Å². The van der Waals surface area contributed by atoms with Gasteiger partial charge in [0.1, 0.15) is 11.5 Å². The van der Waals surface area contributed by atoms with Gasteiger partial charge < -0.3 is 14.8 Å². The molecule has 0 spiro atoms. The van der Waals surface area contributed by atoms with E-state index in [2.05, 4.69) is 18.3 Å². The number of hydrogen-bond acceptors (Lipinski definition) is 4. The molecule has 156 valence electrons. The van der Waals surface area contributed by atoms with Gasteiger partial charge in [0.2, 0.25) is 0 Å². The van der Waals surface area contributed by atoms with Crippen LogP contribution in [0.4, 0.5) is 5.69 Å². The van der Waals surface area contributed by atoms with E-state index >= 15 is 0 Å². The zero-order valence-electron chi connectivity index (χ0n) is 18.4. The minimum absolute atomic E-state index is 0.0239. The van der Waals surface area contributed by atoms with Gasteiger partial charge >= 0.3 is 0 Å². The number of hydrogen-bond donors (Lipinski definition) is 1. The number of ketones is 1. The first-order valence-electron chi connectivity index (χ1n) is 10.3. The quantitative estimate of drug-likeness (QED) is 0.387. The third-order valence-corrected chi connectivity index (χ3v) is 4.33. The molecule has 0 aromatic heterocycles. The van der Waals surface area contributed by atoms with Crippen molar-refractivity contribution in [1.82, 2.24) is 0 Å². The molecule has 2 aromatic rings. The van der Waals surface area contributed by atoms with Crippen molar-refractivity contribution in [3.05, 3.63) is 59.2 Å². The molecule has 0 aliphatic carbocycles. The number of benzene rings is 2. The molecule has 1 N–H and O–H groups in total. The number of aryl methyl sites for hydroxylation is 1. The molecule has 0 unspecified atom stereocenters. The van der Waals surface area contributed by atoms with Gasteiger partial charge in [0.05, 0.1) is 17.8 Å². The van der Waals surface area contributed by atoms with Crippen molar-refractivity contribution < 1.29 is 14.3 Å². The summed E-state index contributed by atoms with van der Waals surface area (Å²) in [5, 5.41) is 3.06. The van der Waals surface area contributed by atoms with Crippen molar-refractivity contribution >= 4 is 17.5 Å². The van der Waals surface area contributed by atoms with Gasteiger partial charge in [-0.1, -0.05) is 19.4 Å². The molecule has 0 heterocycles. The molecule has 2 aromatic carbocycles. The lowest BCUT2D eigenvalue weighted by atomic mass is 10.0. The Morgan fingerprint density at radius 1 is 1.00 bits per heavy atom. The Morgan fingerprint density at radius 3 is 2.21 bits per heavy atom. The molecule has 0 saturated carbocycles. The zero-order valence-corrected chi connectivity index (χ0v) is 18.4. The van der Waals surface area contributed by atoms with Crippen molar-refractivity contribution in [3.63, 3.8) is 0 Å². The molecule has 0 aliphatic heterocycles. The Morgan fingerprint density at radius 2 is 1.66 bits per heavy atom. The van der Waals surface area contributed by atoms with Gasteiger partial charge in [-0.15, -0.1) is 0 Å². The van der Waals surface area contributed by atoms with E-state index in [1.54, 1.807) is 6.08 Å². The smallest absolute Gasteiger partial charge is 0.185 e. The summed E-state index contributed by atoms with van der Waals surface area (Å²) in [6.07, 6.45) is 5.39. The first kappa shape index (κ1) is 22.5. The van der Waals surface area contributed by atoms with Crippen LogP contribution in [0, 0.1) is 0 Å². The van der Waals surface area contributed by atoms with Crippen LogP contribution >= 0.6 is 0 Å². The van der Waals surface area contributed by atoms with Crippen molar-refractivity contribution in [2.45, 2.75) is 59.7 Å². The monoisotopic (exact) mass is 395 g/mol.